The van der Waals surface area contributed by atoms with E-state index in [1.165, 1.54) is 0 Å². The molecule has 6 heteroatoms. The molecule has 0 aliphatic heterocycles. The molecule has 0 bridgehead atoms. The van der Waals surface area contributed by atoms with Crippen LogP contribution in [0.4, 0.5) is 0 Å². The van der Waals surface area contributed by atoms with Gasteiger partial charge in [0.2, 0.25) is 10.0 Å². The van der Waals surface area contributed by atoms with E-state index >= 15 is 0 Å². The van der Waals surface area contributed by atoms with E-state index in [4.69, 9.17) is 18.0 Å². The standard InChI is InChI=1S/C15H22N2O2S2/c1-10-3-8-14(11(10)2)17-21(18,19)9-12-4-6-13(7-5-12)15(16)20/h4-7,10-11,14,17H,3,8-9H2,1-2H3,(H2,16,20). The van der Waals surface area contributed by atoms with Crippen molar-refractivity contribution in [2.24, 2.45) is 17.6 Å². The maximum Gasteiger partial charge on any atom is 0.216 e. The van der Waals surface area contributed by atoms with Gasteiger partial charge >= 0.3 is 0 Å². The fourth-order valence-electron chi connectivity index (χ4n) is 2.79. The number of nitrogens with two attached hydrogens (primary N) is 1. The van der Waals surface area contributed by atoms with E-state index in [0.717, 1.165) is 24.0 Å². The van der Waals surface area contributed by atoms with Gasteiger partial charge in [0.1, 0.15) is 4.99 Å². The lowest BCUT2D eigenvalue weighted by Crippen LogP contribution is -2.38. The summed E-state index contributed by atoms with van der Waals surface area (Å²) in [6, 6.07) is 7.09. The predicted molar refractivity (Wildman–Crippen MR) is 89.4 cm³/mol. The minimum atomic E-state index is -3.32. The molecule has 116 valence electrons. The molecule has 1 fully saturated rings. The van der Waals surface area contributed by atoms with Crippen molar-refractivity contribution in [2.45, 2.75) is 38.5 Å². The average Bonchev–Trinajstić information content (AvgIpc) is 2.70. The number of thiocarbonyl (C=S) groups is 1. The third kappa shape index (κ3) is 4.25. The summed E-state index contributed by atoms with van der Waals surface area (Å²) in [5.74, 6) is 0.946. The zero-order valence-corrected chi connectivity index (χ0v) is 14.0. The minimum absolute atomic E-state index is 0.0117. The molecule has 1 aliphatic carbocycles. The van der Waals surface area contributed by atoms with E-state index in [1.54, 1.807) is 24.3 Å². The number of hydrogen-bond donors (Lipinski definition) is 2. The Bertz CT molecular complexity index is 611. The molecule has 1 aliphatic rings. The Balaban J connectivity index is 2.02. The lowest BCUT2D eigenvalue weighted by atomic mass is 9.98. The maximum absolute atomic E-state index is 12.3. The Morgan fingerprint density at radius 1 is 1.29 bits per heavy atom. The highest BCUT2D eigenvalue weighted by molar-refractivity contribution is 7.88. The molecule has 0 saturated heterocycles. The topological polar surface area (TPSA) is 72.2 Å². The van der Waals surface area contributed by atoms with Crippen molar-refractivity contribution < 1.29 is 8.42 Å². The Labute approximate surface area is 132 Å². The molecule has 2 rings (SSSR count). The van der Waals surface area contributed by atoms with Crippen molar-refractivity contribution in [1.29, 1.82) is 0 Å². The van der Waals surface area contributed by atoms with E-state index in [1.807, 2.05) is 0 Å². The second-order valence-corrected chi connectivity index (χ2v) is 8.15. The highest BCUT2D eigenvalue weighted by atomic mass is 32.2. The van der Waals surface area contributed by atoms with Crippen LogP contribution < -0.4 is 10.5 Å². The molecule has 1 saturated carbocycles. The van der Waals surface area contributed by atoms with Gasteiger partial charge in [0, 0.05) is 11.6 Å². The summed E-state index contributed by atoms with van der Waals surface area (Å²) in [4.78, 5) is 0.316. The Morgan fingerprint density at radius 2 is 1.90 bits per heavy atom. The van der Waals surface area contributed by atoms with E-state index in [9.17, 15) is 8.42 Å². The van der Waals surface area contributed by atoms with E-state index in [2.05, 4.69) is 18.6 Å². The van der Waals surface area contributed by atoms with Crippen molar-refractivity contribution in [2.75, 3.05) is 0 Å². The second-order valence-electron chi connectivity index (χ2n) is 5.96. The second kappa shape index (κ2) is 6.42. The molecule has 0 heterocycles. The molecule has 0 aromatic heterocycles. The largest absolute Gasteiger partial charge is 0.389 e. The normalized spacial score (nSPS) is 25.9. The smallest absolute Gasteiger partial charge is 0.216 e. The van der Waals surface area contributed by atoms with E-state index in [0.29, 0.717) is 16.8 Å². The first kappa shape index (κ1) is 16.4. The molecule has 1 aromatic carbocycles. The summed E-state index contributed by atoms with van der Waals surface area (Å²) in [6.45, 7) is 4.29. The van der Waals surface area contributed by atoms with Crippen LogP contribution in [-0.2, 0) is 15.8 Å². The van der Waals surface area contributed by atoms with Crippen LogP contribution in [0.1, 0.15) is 37.8 Å². The summed E-state index contributed by atoms with van der Waals surface area (Å²) >= 11 is 4.88. The van der Waals surface area contributed by atoms with Crippen LogP contribution in [0.3, 0.4) is 0 Å². The molecule has 0 spiro atoms. The van der Waals surface area contributed by atoms with Crippen LogP contribution in [0.2, 0.25) is 0 Å². The molecule has 3 unspecified atom stereocenters. The molecular weight excluding hydrogens is 304 g/mol. The van der Waals surface area contributed by atoms with E-state index < -0.39 is 10.0 Å². The van der Waals surface area contributed by atoms with E-state index in [-0.39, 0.29) is 11.8 Å². The molecule has 3 N–H and O–H groups in total. The minimum Gasteiger partial charge on any atom is -0.389 e. The quantitative estimate of drug-likeness (QED) is 0.814. The van der Waals surface area contributed by atoms with Crippen LogP contribution >= 0.6 is 12.2 Å². The lowest BCUT2D eigenvalue weighted by Gasteiger charge is -2.19. The third-order valence-electron chi connectivity index (χ3n) is 4.39. The van der Waals surface area contributed by atoms with Gasteiger partial charge < -0.3 is 5.73 Å². The summed E-state index contributed by atoms with van der Waals surface area (Å²) in [7, 11) is -3.32. The van der Waals surface area contributed by atoms with Crippen LogP contribution in [0.15, 0.2) is 24.3 Å². The van der Waals surface area contributed by atoms with Crippen LogP contribution in [0.25, 0.3) is 0 Å². The van der Waals surface area contributed by atoms with Gasteiger partial charge in [-0.1, -0.05) is 50.3 Å². The van der Waals surface area contributed by atoms with Gasteiger partial charge in [-0.2, -0.15) is 0 Å². The first-order chi connectivity index (χ1) is 9.78. The fraction of sp³-hybridized carbons (Fsp3) is 0.533. The van der Waals surface area contributed by atoms with Crippen LogP contribution in [0.5, 0.6) is 0 Å². The number of nitrogens with one attached hydrogen (secondary N) is 1. The molecule has 0 radical (unpaired) electrons. The molecular formula is C15H22N2O2S2. The van der Waals surface area contributed by atoms with Crippen molar-refractivity contribution in [3.8, 4) is 0 Å². The van der Waals surface area contributed by atoms with Gasteiger partial charge in [0.15, 0.2) is 0 Å². The first-order valence-electron chi connectivity index (χ1n) is 7.17. The van der Waals surface area contributed by atoms with Crippen LogP contribution in [0, 0.1) is 11.8 Å². The Kier molecular flexibility index (Phi) is 5.01. The van der Waals surface area contributed by atoms with Crippen molar-refractivity contribution in [3.05, 3.63) is 35.4 Å². The fourth-order valence-corrected chi connectivity index (χ4v) is 4.43. The highest BCUT2D eigenvalue weighted by Gasteiger charge is 2.32. The van der Waals surface area contributed by atoms with Gasteiger partial charge in [-0.05, 0) is 30.2 Å². The summed E-state index contributed by atoms with van der Waals surface area (Å²) in [5.41, 5.74) is 7.01. The van der Waals surface area contributed by atoms with Crippen molar-refractivity contribution in [1.82, 2.24) is 4.72 Å². The lowest BCUT2D eigenvalue weighted by molar-refractivity contribution is 0.402. The molecule has 0 amide bonds. The van der Waals surface area contributed by atoms with Crippen LogP contribution in [-0.4, -0.2) is 19.4 Å². The number of benzene rings is 1. The zero-order chi connectivity index (χ0) is 15.6. The van der Waals surface area contributed by atoms with Crippen molar-refractivity contribution >= 4 is 27.2 Å². The molecule has 3 atom stereocenters. The SMILES string of the molecule is CC1CCC(NS(=O)(=O)Cc2ccc(C(N)=S)cc2)C1C. The van der Waals surface area contributed by atoms with Gasteiger partial charge in [0.05, 0.1) is 5.75 Å². The Hall–Kier alpha value is -0.980. The highest BCUT2D eigenvalue weighted by Crippen LogP contribution is 2.31. The third-order valence-corrected chi connectivity index (χ3v) is 6.00. The molecule has 1 aromatic rings. The zero-order valence-electron chi connectivity index (χ0n) is 12.4. The first-order valence-corrected chi connectivity index (χ1v) is 9.23. The summed E-state index contributed by atoms with van der Waals surface area (Å²) in [5, 5.41) is 0. The number of hydrogen-bond acceptors (Lipinski definition) is 3. The molecule has 4 nitrogen and oxygen atoms in total. The van der Waals surface area contributed by atoms with Gasteiger partial charge in [0.25, 0.3) is 0 Å². The molecule has 21 heavy (non-hydrogen) atoms. The monoisotopic (exact) mass is 326 g/mol. The summed E-state index contributed by atoms with van der Waals surface area (Å²) < 4.78 is 27.4. The Morgan fingerprint density at radius 3 is 2.38 bits per heavy atom. The number of sulfonamides is 1. The summed E-state index contributed by atoms with van der Waals surface area (Å²) in [6.07, 6.45) is 2.00. The van der Waals surface area contributed by atoms with Gasteiger partial charge in [-0.15, -0.1) is 0 Å². The average molecular weight is 326 g/mol. The van der Waals surface area contributed by atoms with Gasteiger partial charge in [-0.3, -0.25) is 0 Å². The van der Waals surface area contributed by atoms with Gasteiger partial charge in [-0.25, -0.2) is 13.1 Å². The number of rotatable bonds is 5. The predicted octanol–water partition coefficient (Wildman–Crippen LogP) is 2.17. The maximum atomic E-state index is 12.3. The van der Waals surface area contributed by atoms with Crippen molar-refractivity contribution in [3.63, 3.8) is 0 Å².